The van der Waals surface area contributed by atoms with Crippen molar-refractivity contribution in [3.8, 4) is 23.0 Å². The first-order chi connectivity index (χ1) is 28.8. The molecule has 2 N–H and O–H groups in total. The molecule has 0 spiro atoms. The van der Waals surface area contributed by atoms with Gasteiger partial charge in [-0.15, -0.1) is 6.58 Å². The molecule has 1 aliphatic heterocycles. The Morgan fingerprint density at radius 3 is 2.38 bits per heavy atom. The van der Waals surface area contributed by atoms with E-state index in [2.05, 4.69) is 12.7 Å². The number of nitro groups is 1. The fourth-order valence-corrected chi connectivity index (χ4v) is 8.71. The number of unbranched alkanes of at least 4 members (excludes halogenated alkanes) is 2. The summed E-state index contributed by atoms with van der Waals surface area (Å²) in [6, 6.07) is 16.9. The lowest BCUT2D eigenvalue weighted by Crippen LogP contribution is -2.69. The zero-order valence-electron chi connectivity index (χ0n) is 34.7. The van der Waals surface area contributed by atoms with Gasteiger partial charge >= 0.3 is 6.09 Å². The molecule has 3 aromatic rings. The molecular formula is C46H55N3O11. The van der Waals surface area contributed by atoms with Crippen molar-refractivity contribution in [2.24, 2.45) is 22.9 Å². The van der Waals surface area contributed by atoms with E-state index in [9.17, 15) is 29.9 Å². The number of allylic oxidation sites excluding steroid dienone is 1. The fraction of sp³-hybridized carbons (Fsp3) is 0.457. The Kier molecular flexibility index (Phi) is 14.1. The number of hydrogen-bond acceptors (Lipinski definition) is 12. The molecule has 1 heterocycles. The third kappa shape index (κ3) is 9.72. The Morgan fingerprint density at radius 1 is 1.02 bits per heavy atom. The van der Waals surface area contributed by atoms with Gasteiger partial charge in [0.05, 0.1) is 23.2 Å². The minimum Gasteiger partial charge on any atom is -0.459 e. The first kappa shape index (κ1) is 44.0. The third-order valence-corrected chi connectivity index (χ3v) is 11.3. The molecule has 3 aromatic carbocycles. The lowest BCUT2D eigenvalue weighted by molar-refractivity contribution is -0.384. The highest BCUT2D eigenvalue weighted by Gasteiger charge is 2.65. The van der Waals surface area contributed by atoms with E-state index in [-0.39, 0.29) is 55.4 Å². The summed E-state index contributed by atoms with van der Waals surface area (Å²) >= 11 is 0. The molecule has 0 bridgehead atoms. The van der Waals surface area contributed by atoms with Gasteiger partial charge in [0.15, 0.2) is 0 Å². The molecule has 14 heteroatoms. The summed E-state index contributed by atoms with van der Waals surface area (Å²) < 4.78 is 26.3. The Hall–Kier alpha value is -5.57. The van der Waals surface area contributed by atoms with Gasteiger partial charge in [-0.25, -0.2) is 4.79 Å². The molecule has 320 valence electrons. The number of hydrogen-bond donors (Lipinski definition) is 2. The molecule has 6 atom stereocenters. The SMILES string of the molecule is C=CCO[C@@]12Oc3ccc(Oc4cccc(C=O)c4)cc3[C@H]3[C@H](CCCCO)[C@@H](CCCCO)C=C(C(=NOC(C)(C)C)C[C@@H]1N(C)C(=O)Oc1ccc([N+](=O)[O-])cc1)[C@H]32. The summed E-state index contributed by atoms with van der Waals surface area (Å²) in [5.41, 5.74) is 2.02. The van der Waals surface area contributed by atoms with Crippen LogP contribution in [0.15, 0.2) is 96.2 Å². The number of benzene rings is 3. The second kappa shape index (κ2) is 19.2. The van der Waals surface area contributed by atoms with Crippen molar-refractivity contribution in [1.29, 1.82) is 0 Å². The zero-order valence-corrected chi connectivity index (χ0v) is 34.7. The maximum atomic E-state index is 14.2. The largest absolute Gasteiger partial charge is 0.459 e. The molecule has 0 saturated heterocycles. The predicted molar refractivity (Wildman–Crippen MR) is 225 cm³/mol. The van der Waals surface area contributed by atoms with Crippen LogP contribution in [-0.4, -0.2) is 82.4 Å². The quantitative estimate of drug-likeness (QED) is 0.0412. The van der Waals surface area contributed by atoms with Crippen LogP contribution in [0.1, 0.15) is 87.6 Å². The highest BCUT2D eigenvalue weighted by molar-refractivity contribution is 6.03. The van der Waals surface area contributed by atoms with Crippen molar-refractivity contribution in [1.82, 2.24) is 4.90 Å². The first-order valence-corrected chi connectivity index (χ1v) is 20.5. The zero-order chi connectivity index (χ0) is 43.0. The lowest BCUT2D eigenvalue weighted by Gasteiger charge is -2.59. The number of oxime groups is 1. The van der Waals surface area contributed by atoms with E-state index in [0.717, 1.165) is 43.1 Å². The highest BCUT2D eigenvalue weighted by Crippen LogP contribution is 2.62. The second-order valence-electron chi connectivity index (χ2n) is 16.5. The third-order valence-electron chi connectivity index (χ3n) is 11.3. The number of aldehydes is 1. The van der Waals surface area contributed by atoms with Crippen molar-refractivity contribution in [3.63, 3.8) is 0 Å². The van der Waals surface area contributed by atoms with Crippen molar-refractivity contribution >= 4 is 23.8 Å². The number of aliphatic hydroxyl groups excluding tert-OH is 2. The van der Waals surface area contributed by atoms with Crippen LogP contribution in [-0.2, 0) is 9.57 Å². The minimum atomic E-state index is -1.52. The van der Waals surface area contributed by atoms with Crippen LogP contribution in [0.3, 0.4) is 0 Å². The number of fused-ring (bicyclic) bond motifs is 2. The molecule has 0 aromatic heterocycles. The number of ether oxygens (including phenoxy) is 4. The summed E-state index contributed by atoms with van der Waals surface area (Å²) in [7, 11) is 1.60. The van der Waals surface area contributed by atoms with Gasteiger partial charge in [0.1, 0.15) is 40.9 Å². The van der Waals surface area contributed by atoms with Crippen molar-refractivity contribution < 1.29 is 48.5 Å². The van der Waals surface area contributed by atoms with Gasteiger partial charge in [-0.3, -0.25) is 14.9 Å². The normalized spacial score (nSPS) is 23.6. The molecule has 6 rings (SSSR count). The molecule has 0 radical (unpaired) electrons. The molecule has 1 fully saturated rings. The van der Waals surface area contributed by atoms with E-state index in [1.165, 1.54) is 29.2 Å². The van der Waals surface area contributed by atoms with Crippen LogP contribution in [0.5, 0.6) is 23.0 Å². The summed E-state index contributed by atoms with van der Waals surface area (Å²) in [6.07, 6.45) is 8.35. The Balaban J connectivity index is 1.55. The average molecular weight is 826 g/mol. The first-order valence-electron chi connectivity index (χ1n) is 20.5. The van der Waals surface area contributed by atoms with Crippen molar-refractivity contribution in [3.05, 3.63) is 112 Å². The van der Waals surface area contributed by atoms with Crippen molar-refractivity contribution in [2.45, 2.75) is 89.1 Å². The number of carbonyl (C=O) groups excluding carboxylic acids is 2. The van der Waals surface area contributed by atoms with E-state index in [1.54, 1.807) is 43.5 Å². The summed E-state index contributed by atoms with van der Waals surface area (Å²) in [4.78, 5) is 44.2. The number of likely N-dealkylation sites (N-methyl/N-ethyl adjacent to an activating group) is 1. The molecule has 1 saturated carbocycles. The summed E-state index contributed by atoms with van der Waals surface area (Å²) in [6.45, 7) is 9.86. The standard InChI is InChI=1S/C46H55N3O11/c1-6-24-56-46-41(48(5)44(53)58-33-18-16-32(17-19-33)49(54)55)28-39(47-60-45(2,3)4)37-26-31(13-7-9-22-50)36(15-8-10-23-51)42(43(37)46)38-27-35(20-21-40(38)59-46)57-34-14-11-12-30(25-34)29-52/h6,11-12,14,16-21,25-27,29,31,36,41-43,50-51H,1,7-10,13,15,22-24,28H2,2-5H3/t31-,36+,41-,42+,43+,46+/m0/s1. The van der Waals surface area contributed by atoms with Crippen LogP contribution in [0.4, 0.5) is 10.5 Å². The molecule has 0 unspecified atom stereocenters. The van der Waals surface area contributed by atoms with E-state index in [0.29, 0.717) is 41.4 Å². The Bertz CT molecular complexity index is 2080. The summed E-state index contributed by atoms with van der Waals surface area (Å²) in [5.74, 6) is -0.721. The van der Waals surface area contributed by atoms with Gasteiger partial charge in [0, 0.05) is 55.9 Å². The number of aliphatic hydroxyl groups is 2. The Morgan fingerprint density at radius 2 is 1.72 bits per heavy atom. The van der Waals surface area contributed by atoms with Crippen LogP contribution >= 0.6 is 0 Å². The molecule has 3 aliphatic rings. The molecule has 2 aliphatic carbocycles. The van der Waals surface area contributed by atoms with E-state index >= 15 is 0 Å². The smallest absolute Gasteiger partial charge is 0.415 e. The number of nitro benzene ring substituents is 1. The van der Waals surface area contributed by atoms with E-state index < -0.39 is 34.4 Å². The number of carbonyl (C=O) groups is 2. The minimum absolute atomic E-state index is 0.0182. The maximum absolute atomic E-state index is 14.2. The molecular weight excluding hydrogens is 771 g/mol. The monoisotopic (exact) mass is 825 g/mol. The van der Waals surface area contributed by atoms with E-state index in [4.69, 9.17) is 28.9 Å². The maximum Gasteiger partial charge on any atom is 0.415 e. The van der Waals surface area contributed by atoms with Crippen LogP contribution in [0, 0.1) is 27.9 Å². The van der Waals surface area contributed by atoms with Gasteiger partial charge < -0.3 is 38.9 Å². The summed E-state index contributed by atoms with van der Waals surface area (Å²) in [5, 5.41) is 35.9. The second-order valence-corrected chi connectivity index (χ2v) is 16.5. The topological polar surface area (TPSA) is 179 Å². The number of non-ortho nitro benzene ring substituents is 1. The highest BCUT2D eigenvalue weighted by atomic mass is 16.7. The van der Waals surface area contributed by atoms with Gasteiger partial charge in [0.2, 0.25) is 5.79 Å². The van der Waals surface area contributed by atoms with Gasteiger partial charge in [-0.1, -0.05) is 42.3 Å². The van der Waals surface area contributed by atoms with Crippen LogP contribution < -0.4 is 14.2 Å². The van der Waals surface area contributed by atoms with E-state index in [1.807, 2.05) is 32.9 Å². The molecule has 14 nitrogen and oxygen atoms in total. The number of rotatable bonds is 18. The van der Waals surface area contributed by atoms with Gasteiger partial charge in [-0.2, -0.15) is 0 Å². The van der Waals surface area contributed by atoms with Crippen molar-refractivity contribution in [2.75, 3.05) is 26.9 Å². The average Bonchev–Trinajstić information content (AvgIpc) is 3.23. The molecule has 60 heavy (non-hydrogen) atoms. The number of nitrogens with zero attached hydrogens (tertiary/aromatic N) is 3. The van der Waals surface area contributed by atoms with Gasteiger partial charge in [0.25, 0.3) is 5.69 Å². The predicted octanol–water partition coefficient (Wildman–Crippen LogP) is 8.76. The van der Waals surface area contributed by atoms with Crippen LogP contribution in [0.25, 0.3) is 0 Å². The molecule has 1 amide bonds. The fourth-order valence-electron chi connectivity index (χ4n) is 8.71. The van der Waals surface area contributed by atoms with Crippen LogP contribution in [0.2, 0.25) is 0 Å². The van der Waals surface area contributed by atoms with Gasteiger partial charge in [-0.05, 0) is 106 Å². The number of amides is 1. The lowest BCUT2D eigenvalue weighted by atomic mass is 9.55. The Labute approximate surface area is 350 Å².